The third-order valence-electron chi connectivity index (χ3n) is 2.89. The van der Waals surface area contributed by atoms with Crippen LogP contribution in [-0.2, 0) is 6.42 Å². The van der Waals surface area contributed by atoms with Gasteiger partial charge in [0, 0.05) is 9.13 Å². The first-order valence-electron chi connectivity index (χ1n) is 5.96. The van der Waals surface area contributed by atoms with E-state index in [0.717, 1.165) is 9.09 Å². The average Bonchev–Trinajstić information content (AvgIpc) is 2.83. The highest BCUT2D eigenvalue weighted by atomic mass is 127. The highest BCUT2D eigenvalue weighted by Gasteiger charge is 2.13. The van der Waals surface area contributed by atoms with Gasteiger partial charge in [-0.15, -0.1) is 0 Å². The fourth-order valence-electron chi connectivity index (χ4n) is 1.90. The molecule has 0 N–H and O–H groups in total. The summed E-state index contributed by atoms with van der Waals surface area (Å²) < 4.78 is 6.47. The molecule has 0 aliphatic rings. The summed E-state index contributed by atoms with van der Waals surface area (Å²) in [5.74, 6) is 0.362. The molecule has 3 rings (SSSR count). The van der Waals surface area contributed by atoms with E-state index >= 15 is 0 Å². The number of carbonyl (C=O) groups is 1. The Bertz CT molecular complexity index is 764. The molecule has 0 unspecified atom stereocenters. The maximum absolute atomic E-state index is 12.2. The fourth-order valence-corrected chi connectivity index (χ4v) is 2.42. The predicted octanol–water partition coefficient (Wildman–Crippen LogP) is 4.51. The first kappa shape index (κ1) is 13.6. The van der Waals surface area contributed by atoms with Gasteiger partial charge in [0.05, 0.1) is 11.4 Å². The Morgan fingerprint density at radius 1 is 1.25 bits per heavy atom. The fraction of sp³-hybridized carbons (Fsp3) is 0.0667. The molecule has 0 radical (unpaired) electrons. The summed E-state index contributed by atoms with van der Waals surface area (Å²) in [6, 6.07) is 12.7. The third-order valence-corrected chi connectivity index (χ3v) is 4.46. The van der Waals surface area contributed by atoms with Gasteiger partial charge in [-0.1, -0.05) is 29.8 Å². The SMILES string of the molecule is O=C(Cc1nc2ccccc2o1)c1ccc(I)c(Cl)c1. The molecule has 0 atom stereocenters. The highest BCUT2D eigenvalue weighted by molar-refractivity contribution is 14.1. The summed E-state index contributed by atoms with van der Waals surface area (Å²) in [6.07, 6.45) is 0.131. The van der Waals surface area contributed by atoms with Crippen LogP contribution in [0.3, 0.4) is 0 Å². The largest absolute Gasteiger partial charge is 0.440 e. The number of hydrogen-bond acceptors (Lipinski definition) is 3. The number of fused-ring (bicyclic) bond motifs is 1. The van der Waals surface area contributed by atoms with Crippen molar-refractivity contribution in [2.24, 2.45) is 0 Å². The van der Waals surface area contributed by atoms with Gasteiger partial charge >= 0.3 is 0 Å². The highest BCUT2D eigenvalue weighted by Crippen LogP contribution is 2.21. The summed E-state index contributed by atoms with van der Waals surface area (Å²) in [5.41, 5.74) is 2.02. The number of carbonyl (C=O) groups excluding carboxylic acids is 1. The Hall–Kier alpha value is -1.40. The number of Topliss-reactive ketones (excluding diaryl/α,β-unsaturated/α-hetero) is 1. The number of rotatable bonds is 3. The van der Waals surface area contributed by atoms with Crippen molar-refractivity contribution in [2.75, 3.05) is 0 Å². The number of halogens is 2. The van der Waals surface area contributed by atoms with Crippen molar-refractivity contribution in [2.45, 2.75) is 6.42 Å². The van der Waals surface area contributed by atoms with Crippen molar-refractivity contribution in [1.82, 2.24) is 4.98 Å². The van der Waals surface area contributed by atoms with Gasteiger partial charge in [-0.25, -0.2) is 4.98 Å². The summed E-state index contributed by atoms with van der Waals surface area (Å²) in [7, 11) is 0. The maximum atomic E-state index is 12.2. The molecule has 1 heterocycles. The van der Waals surface area contributed by atoms with Gasteiger partial charge < -0.3 is 4.42 Å². The Morgan fingerprint density at radius 2 is 2.05 bits per heavy atom. The second-order valence-electron chi connectivity index (χ2n) is 4.30. The smallest absolute Gasteiger partial charge is 0.203 e. The standard InChI is InChI=1S/C15H9ClINO2/c16-10-7-9(5-6-11(10)17)13(19)8-15-18-12-3-1-2-4-14(12)20-15/h1-7H,8H2. The molecule has 0 saturated heterocycles. The van der Waals surface area contributed by atoms with Crippen LogP contribution in [0.4, 0.5) is 0 Å². The topological polar surface area (TPSA) is 43.1 Å². The summed E-state index contributed by atoms with van der Waals surface area (Å²) >= 11 is 8.15. The Morgan fingerprint density at radius 3 is 2.80 bits per heavy atom. The molecule has 3 nitrogen and oxygen atoms in total. The lowest BCUT2D eigenvalue weighted by Crippen LogP contribution is -2.03. The van der Waals surface area contributed by atoms with Crippen molar-refractivity contribution in [3.63, 3.8) is 0 Å². The molecule has 3 aromatic rings. The van der Waals surface area contributed by atoms with Crippen LogP contribution < -0.4 is 0 Å². The van der Waals surface area contributed by atoms with E-state index in [4.69, 9.17) is 16.0 Å². The molecule has 5 heteroatoms. The van der Waals surface area contributed by atoms with Crippen molar-refractivity contribution in [1.29, 1.82) is 0 Å². The summed E-state index contributed by atoms with van der Waals surface area (Å²) in [5, 5.41) is 0.578. The van der Waals surface area contributed by atoms with Crippen LogP contribution in [-0.4, -0.2) is 10.8 Å². The lowest BCUT2D eigenvalue weighted by molar-refractivity contribution is 0.0986. The van der Waals surface area contributed by atoms with Crippen molar-refractivity contribution >= 4 is 51.1 Å². The molecule has 0 spiro atoms. The number of para-hydroxylation sites is 2. The molecule has 0 aliphatic carbocycles. The number of aromatic nitrogens is 1. The second kappa shape index (κ2) is 5.54. The van der Waals surface area contributed by atoms with Crippen LogP contribution in [0.5, 0.6) is 0 Å². The first-order valence-corrected chi connectivity index (χ1v) is 7.42. The van der Waals surface area contributed by atoms with Gasteiger partial charge in [-0.2, -0.15) is 0 Å². The van der Waals surface area contributed by atoms with Crippen molar-refractivity contribution in [3.8, 4) is 0 Å². The van der Waals surface area contributed by atoms with E-state index in [-0.39, 0.29) is 12.2 Å². The Kier molecular flexibility index (Phi) is 3.76. The van der Waals surface area contributed by atoms with Crippen LogP contribution in [0, 0.1) is 3.57 Å². The molecular weight excluding hydrogens is 389 g/mol. The molecule has 100 valence electrons. The molecule has 1 aromatic heterocycles. The molecule has 0 saturated carbocycles. The lowest BCUT2D eigenvalue weighted by Gasteiger charge is -2.00. The van der Waals surface area contributed by atoms with Gasteiger partial charge in [0.25, 0.3) is 0 Å². The Labute approximate surface area is 134 Å². The third kappa shape index (κ3) is 2.71. The van der Waals surface area contributed by atoms with E-state index in [2.05, 4.69) is 27.6 Å². The molecule has 0 aliphatic heterocycles. The van der Waals surface area contributed by atoms with Crippen LogP contribution >= 0.6 is 34.2 Å². The van der Waals surface area contributed by atoms with Gasteiger partial charge in [0.15, 0.2) is 11.4 Å². The maximum Gasteiger partial charge on any atom is 0.203 e. The van der Waals surface area contributed by atoms with Crippen molar-refractivity contribution < 1.29 is 9.21 Å². The average molecular weight is 398 g/mol. The minimum Gasteiger partial charge on any atom is -0.440 e. The van der Waals surface area contributed by atoms with Gasteiger partial charge in [-0.3, -0.25) is 4.79 Å². The van der Waals surface area contributed by atoms with Gasteiger partial charge in [-0.05, 0) is 46.9 Å². The van der Waals surface area contributed by atoms with E-state index in [1.165, 1.54) is 0 Å². The quantitative estimate of drug-likeness (QED) is 0.482. The van der Waals surface area contributed by atoms with Crippen LogP contribution in [0.25, 0.3) is 11.1 Å². The molecule has 0 fully saturated rings. The van der Waals surface area contributed by atoms with Crippen LogP contribution in [0.1, 0.15) is 16.2 Å². The minimum atomic E-state index is -0.0603. The molecule has 20 heavy (non-hydrogen) atoms. The lowest BCUT2D eigenvalue weighted by atomic mass is 10.1. The minimum absolute atomic E-state index is 0.0603. The van der Waals surface area contributed by atoms with E-state index in [0.29, 0.717) is 22.1 Å². The summed E-state index contributed by atoms with van der Waals surface area (Å²) in [6.45, 7) is 0. The molecular formula is C15H9ClINO2. The van der Waals surface area contributed by atoms with Crippen LogP contribution in [0.2, 0.25) is 5.02 Å². The predicted molar refractivity (Wildman–Crippen MR) is 86.2 cm³/mol. The van der Waals surface area contributed by atoms with E-state index in [1.807, 2.05) is 30.3 Å². The molecule has 0 amide bonds. The van der Waals surface area contributed by atoms with Gasteiger partial charge in [0.2, 0.25) is 5.89 Å². The number of hydrogen-bond donors (Lipinski definition) is 0. The monoisotopic (exact) mass is 397 g/mol. The summed E-state index contributed by atoms with van der Waals surface area (Å²) in [4.78, 5) is 16.5. The number of ketones is 1. The normalized spacial score (nSPS) is 10.9. The number of nitrogens with zero attached hydrogens (tertiary/aromatic N) is 1. The number of oxazole rings is 1. The van der Waals surface area contributed by atoms with E-state index < -0.39 is 0 Å². The first-order chi connectivity index (χ1) is 9.63. The molecule has 2 aromatic carbocycles. The van der Waals surface area contributed by atoms with Crippen molar-refractivity contribution in [3.05, 3.63) is 62.5 Å². The van der Waals surface area contributed by atoms with E-state index in [9.17, 15) is 4.79 Å². The van der Waals surface area contributed by atoms with E-state index in [1.54, 1.807) is 12.1 Å². The molecule has 0 bridgehead atoms. The number of benzene rings is 2. The van der Waals surface area contributed by atoms with Crippen LogP contribution in [0.15, 0.2) is 46.9 Å². The second-order valence-corrected chi connectivity index (χ2v) is 5.87. The Balaban J connectivity index is 1.86. The van der Waals surface area contributed by atoms with Gasteiger partial charge in [0.1, 0.15) is 5.52 Å². The zero-order chi connectivity index (χ0) is 14.1. The zero-order valence-electron chi connectivity index (χ0n) is 10.3. The zero-order valence-corrected chi connectivity index (χ0v) is 13.2.